The summed E-state index contributed by atoms with van der Waals surface area (Å²) in [6.07, 6.45) is 0. The fraction of sp³-hybridized carbons (Fsp3) is 0.231. The van der Waals surface area contributed by atoms with E-state index in [9.17, 15) is 0 Å². The van der Waals surface area contributed by atoms with Crippen molar-refractivity contribution in [2.45, 2.75) is 13.0 Å². The predicted octanol–water partition coefficient (Wildman–Crippen LogP) is 3.99. The van der Waals surface area contributed by atoms with Gasteiger partial charge in [-0.25, -0.2) is 4.42 Å². The summed E-state index contributed by atoms with van der Waals surface area (Å²) in [6.45, 7) is 2.09. The maximum atomic E-state index is 5.95. The molecule has 1 nitrogen and oxygen atoms in total. The van der Waals surface area contributed by atoms with Gasteiger partial charge in [-0.15, -0.1) is 0 Å². The molecule has 0 aliphatic carbocycles. The van der Waals surface area contributed by atoms with Crippen LogP contribution in [0.1, 0.15) is 18.5 Å². The van der Waals surface area contributed by atoms with Crippen molar-refractivity contribution in [2.24, 2.45) is 0 Å². The average Bonchev–Trinajstić information content (AvgIpc) is 2.27. The van der Waals surface area contributed by atoms with Crippen LogP contribution in [0.25, 0.3) is 10.8 Å². The molecule has 2 aromatic carbocycles. The maximum absolute atomic E-state index is 5.95. The van der Waals surface area contributed by atoms with E-state index >= 15 is 0 Å². The van der Waals surface area contributed by atoms with Crippen molar-refractivity contribution in [1.82, 2.24) is 4.42 Å². The Hall–Kier alpha value is -1.05. The number of rotatable bonds is 2. The van der Waals surface area contributed by atoms with E-state index in [1.165, 1.54) is 16.3 Å². The SMILES string of the molecule is CC(c1ccc2ccccc2c1)N(C)Cl. The molecule has 2 aromatic rings. The third-order valence-corrected chi connectivity index (χ3v) is 3.08. The smallest absolute Gasteiger partial charge is 0.0469 e. The van der Waals surface area contributed by atoms with Gasteiger partial charge in [0.15, 0.2) is 0 Å². The van der Waals surface area contributed by atoms with Crippen molar-refractivity contribution >= 4 is 22.5 Å². The summed E-state index contributed by atoms with van der Waals surface area (Å²) in [7, 11) is 1.88. The summed E-state index contributed by atoms with van der Waals surface area (Å²) >= 11 is 5.95. The van der Waals surface area contributed by atoms with E-state index in [4.69, 9.17) is 11.8 Å². The van der Waals surface area contributed by atoms with E-state index in [0.717, 1.165) is 0 Å². The van der Waals surface area contributed by atoms with E-state index in [-0.39, 0.29) is 6.04 Å². The lowest BCUT2D eigenvalue weighted by atomic mass is 10.0. The Labute approximate surface area is 95.4 Å². The van der Waals surface area contributed by atoms with Crippen LogP contribution in [0.2, 0.25) is 0 Å². The number of nitrogens with zero attached hydrogens (tertiary/aromatic N) is 1. The second-order valence-corrected chi connectivity index (χ2v) is 4.34. The summed E-state index contributed by atoms with van der Waals surface area (Å²) in [6, 6.07) is 15.1. The van der Waals surface area contributed by atoms with E-state index in [0.29, 0.717) is 0 Å². The Bertz CT molecular complexity index is 465. The minimum Gasteiger partial charge on any atom is -0.216 e. The first kappa shape index (κ1) is 10.5. The number of hydrogen-bond donors (Lipinski definition) is 0. The van der Waals surface area contributed by atoms with Crippen molar-refractivity contribution in [3.63, 3.8) is 0 Å². The molecule has 0 saturated heterocycles. The first-order chi connectivity index (χ1) is 7.18. The fourth-order valence-electron chi connectivity index (χ4n) is 1.67. The van der Waals surface area contributed by atoms with Gasteiger partial charge in [0.2, 0.25) is 0 Å². The molecular weight excluding hydrogens is 206 g/mol. The lowest BCUT2D eigenvalue weighted by molar-refractivity contribution is 0.438. The summed E-state index contributed by atoms with van der Waals surface area (Å²) in [5, 5.41) is 2.53. The van der Waals surface area contributed by atoms with Gasteiger partial charge in [0.1, 0.15) is 0 Å². The first-order valence-electron chi connectivity index (χ1n) is 5.06. The zero-order valence-electron chi connectivity index (χ0n) is 8.94. The molecule has 0 aliphatic heterocycles. The molecule has 0 radical (unpaired) electrons. The Morgan fingerprint density at radius 1 is 1.07 bits per heavy atom. The molecule has 15 heavy (non-hydrogen) atoms. The Balaban J connectivity index is 2.47. The molecule has 0 heterocycles. The van der Waals surface area contributed by atoms with Crippen LogP contribution in [-0.2, 0) is 0 Å². The fourth-order valence-corrected chi connectivity index (χ4v) is 1.79. The molecule has 1 atom stereocenters. The second-order valence-electron chi connectivity index (χ2n) is 3.81. The lowest BCUT2D eigenvalue weighted by Crippen LogP contribution is -2.10. The van der Waals surface area contributed by atoms with Crippen LogP contribution in [0, 0.1) is 0 Å². The number of fused-ring (bicyclic) bond motifs is 1. The summed E-state index contributed by atoms with van der Waals surface area (Å²) < 4.78 is 1.70. The molecule has 0 fully saturated rings. The van der Waals surface area contributed by atoms with Gasteiger partial charge in [-0.05, 0) is 41.1 Å². The zero-order chi connectivity index (χ0) is 10.8. The maximum Gasteiger partial charge on any atom is 0.0469 e. The molecular formula is C13H14ClN. The third kappa shape index (κ3) is 2.14. The van der Waals surface area contributed by atoms with E-state index < -0.39 is 0 Å². The second kappa shape index (κ2) is 4.21. The molecule has 0 aromatic heterocycles. The molecule has 2 rings (SSSR count). The normalized spacial score (nSPS) is 13.3. The standard InChI is InChI=1S/C13H14ClN/c1-10(15(2)14)12-8-7-11-5-3-4-6-13(11)9-12/h3-10H,1-2H3. The van der Waals surface area contributed by atoms with Crippen molar-refractivity contribution < 1.29 is 0 Å². The summed E-state index contributed by atoms with van der Waals surface area (Å²) in [5.74, 6) is 0. The van der Waals surface area contributed by atoms with Crippen molar-refractivity contribution in [3.8, 4) is 0 Å². The van der Waals surface area contributed by atoms with Gasteiger partial charge in [-0.2, -0.15) is 0 Å². The predicted molar refractivity (Wildman–Crippen MR) is 66.0 cm³/mol. The van der Waals surface area contributed by atoms with Gasteiger partial charge >= 0.3 is 0 Å². The molecule has 0 amide bonds. The number of halogens is 1. The highest BCUT2D eigenvalue weighted by atomic mass is 35.5. The van der Waals surface area contributed by atoms with Crippen molar-refractivity contribution in [1.29, 1.82) is 0 Å². The van der Waals surface area contributed by atoms with E-state index in [1.54, 1.807) is 4.42 Å². The van der Waals surface area contributed by atoms with Gasteiger partial charge in [0.25, 0.3) is 0 Å². The molecule has 0 spiro atoms. The third-order valence-electron chi connectivity index (χ3n) is 2.79. The van der Waals surface area contributed by atoms with Gasteiger partial charge < -0.3 is 0 Å². The van der Waals surface area contributed by atoms with Crippen molar-refractivity contribution in [3.05, 3.63) is 48.0 Å². The molecule has 0 N–H and O–H groups in total. The molecule has 1 unspecified atom stereocenters. The molecule has 2 heteroatoms. The van der Waals surface area contributed by atoms with Crippen LogP contribution >= 0.6 is 11.8 Å². The monoisotopic (exact) mass is 219 g/mol. The van der Waals surface area contributed by atoms with Crippen LogP contribution in [-0.4, -0.2) is 11.5 Å². The van der Waals surface area contributed by atoms with Gasteiger partial charge in [0, 0.05) is 13.1 Å². The molecule has 78 valence electrons. The largest absolute Gasteiger partial charge is 0.216 e. The van der Waals surface area contributed by atoms with Crippen LogP contribution in [0.3, 0.4) is 0 Å². The minimum atomic E-state index is 0.233. The van der Waals surface area contributed by atoms with Gasteiger partial charge in [-0.3, -0.25) is 0 Å². The topological polar surface area (TPSA) is 3.24 Å². The number of benzene rings is 2. The van der Waals surface area contributed by atoms with Gasteiger partial charge in [0.05, 0.1) is 0 Å². The Morgan fingerprint density at radius 3 is 2.40 bits per heavy atom. The lowest BCUT2D eigenvalue weighted by Gasteiger charge is -2.17. The van der Waals surface area contributed by atoms with E-state index in [2.05, 4.69) is 49.4 Å². The summed E-state index contributed by atoms with van der Waals surface area (Å²) in [4.78, 5) is 0. The van der Waals surface area contributed by atoms with Crippen LogP contribution in [0.15, 0.2) is 42.5 Å². The van der Waals surface area contributed by atoms with Crippen molar-refractivity contribution in [2.75, 3.05) is 7.05 Å². The Morgan fingerprint density at radius 2 is 1.73 bits per heavy atom. The highest BCUT2D eigenvalue weighted by Gasteiger charge is 2.09. The van der Waals surface area contributed by atoms with Crippen LogP contribution in [0.4, 0.5) is 0 Å². The first-order valence-corrected chi connectivity index (χ1v) is 5.39. The highest BCUT2D eigenvalue weighted by Crippen LogP contribution is 2.24. The summed E-state index contributed by atoms with van der Waals surface area (Å²) in [5.41, 5.74) is 1.24. The zero-order valence-corrected chi connectivity index (χ0v) is 9.70. The van der Waals surface area contributed by atoms with E-state index in [1.807, 2.05) is 7.05 Å². The Kier molecular flexibility index (Phi) is 2.94. The molecule has 0 saturated carbocycles. The molecule has 0 aliphatic rings. The quantitative estimate of drug-likeness (QED) is 0.691. The van der Waals surface area contributed by atoms with Gasteiger partial charge in [-0.1, -0.05) is 36.4 Å². The average molecular weight is 220 g/mol. The highest BCUT2D eigenvalue weighted by molar-refractivity contribution is 6.13. The van der Waals surface area contributed by atoms with Crippen LogP contribution in [0.5, 0.6) is 0 Å². The van der Waals surface area contributed by atoms with Crippen LogP contribution < -0.4 is 0 Å². The number of hydrogen-bond acceptors (Lipinski definition) is 1. The molecule has 0 bridgehead atoms. The minimum absolute atomic E-state index is 0.233.